The van der Waals surface area contributed by atoms with Crippen molar-refractivity contribution in [3.05, 3.63) is 48.3 Å². The molecule has 0 saturated heterocycles. The molecule has 10 heteroatoms. The third-order valence-electron chi connectivity index (χ3n) is 4.91. The number of halogens is 2. The van der Waals surface area contributed by atoms with E-state index in [-0.39, 0.29) is 35.2 Å². The number of anilines is 1. The van der Waals surface area contributed by atoms with Gasteiger partial charge in [0.05, 0.1) is 23.4 Å². The van der Waals surface area contributed by atoms with Gasteiger partial charge in [-0.25, -0.2) is 27.2 Å². The lowest BCUT2D eigenvalue weighted by Gasteiger charge is -2.13. The van der Waals surface area contributed by atoms with E-state index in [1.165, 1.54) is 42.7 Å². The minimum absolute atomic E-state index is 0.0274. The number of alkyl halides is 2. The summed E-state index contributed by atoms with van der Waals surface area (Å²) in [7, 11) is -3.41. The van der Waals surface area contributed by atoms with Crippen LogP contribution in [0.3, 0.4) is 0 Å². The topological polar surface area (TPSA) is 98.2 Å². The van der Waals surface area contributed by atoms with E-state index < -0.39 is 34.0 Å². The van der Waals surface area contributed by atoms with Gasteiger partial charge in [-0.05, 0) is 50.3 Å². The van der Waals surface area contributed by atoms with E-state index in [0.717, 1.165) is 6.26 Å². The third-order valence-corrected chi connectivity index (χ3v) is 6.04. The van der Waals surface area contributed by atoms with Gasteiger partial charge >= 0.3 is 0 Å². The van der Waals surface area contributed by atoms with Crippen molar-refractivity contribution in [2.45, 2.75) is 50.0 Å². The molecular formula is C22H25F2N3O4S. The molecule has 1 unspecified atom stereocenters. The molecule has 1 amide bonds. The highest BCUT2D eigenvalue weighted by molar-refractivity contribution is 7.90. The number of benzene rings is 1. The highest BCUT2D eigenvalue weighted by Gasteiger charge is 2.34. The van der Waals surface area contributed by atoms with Crippen LogP contribution in [0.2, 0.25) is 0 Å². The number of hydrogen-bond acceptors (Lipinski definition) is 6. The predicted molar refractivity (Wildman–Crippen MR) is 116 cm³/mol. The fourth-order valence-corrected chi connectivity index (χ4v) is 4.02. The Balaban J connectivity index is 1.87. The summed E-state index contributed by atoms with van der Waals surface area (Å²) in [5.41, 5.74) is 0.584. The SMILES string of the molecule is CC(C)Oc1cnc(NC(=O)/C(=C/C2C[C@@H](F)[C@@H](F)C2)c2ccc(S(C)(=O)=O)cc2)cn1. The summed E-state index contributed by atoms with van der Waals surface area (Å²) in [4.78, 5) is 21.3. The van der Waals surface area contributed by atoms with Gasteiger partial charge in [0.25, 0.3) is 5.91 Å². The first-order chi connectivity index (χ1) is 15.0. The molecule has 0 radical (unpaired) electrons. The van der Waals surface area contributed by atoms with Gasteiger partial charge in [0, 0.05) is 11.8 Å². The molecule has 0 bridgehead atoms. The summed E-state index contributed by atoms with van der Waals surface area (Å²) in [6.07, 6.45) is 2.03. The van der Waals surface area contributed by atoms with Crippen molar-refractivity contribution < 1.29 is 26.7 Å². The Bertz CT molecular complexity index is 1080. The number of amides is 1. The van der Waals surface area contributed by atoms with Gasteiger partial charge in [-0.15, -0.1) is 0 Å². The van der Waals surface area contributed by atoms with E-state index in [0.29, 0.717) is 11.4 Å². The van der Waals surface area contributed by atoms with Crippen LogP contribution >= 0.6 is 0 Å². The van der Waals surface area contributed by atoms with Crippen LogP contribution < -0.4 is 10.1 Å². The number of ether oxygens (including phenoxy) is 1. The van der Waals surface area contributed by atoms with Crippen molar-refractivity contribution in [1.29, 1.82) is 0 Å². The Morgan fingerprint density at radius 1 is 1.12 bits per heavy atom. The monoisotopic (exact) mass is 465 g/mol. The minimum Gasteiger partial charge on any atom is -0.474 e. The van der Waals surface area contributed by atoms with Gasteiger partial charge in [0.1, 0.15) is 12.3 Å². The zero-order valence-corrected chi connectivity index (χ0v) is 18.8. The maximum atomic E-state index is 13.7. The van der Waals surface area contributed by atoms with Crippen molar-refractivity contribution in [2.24, 2.45) is 5.92 Å². The molecule has 1 N–H and O–H groups in total. The van der Waals surface area contributed by atoms with E-state index in [4.69, 9.17) is 4.74 Å². The van der Waals surface area contributed by atoms with E-state index in [1.807, 2.05) is 13.8 Å². The zero-order chi connectivity index (χ0) is 23.5. The van der Waals surface area contributed by atoms with Crippen LogP contribution in [-0.4, -0.2) is 49.0 Å². The highest BCUT2D eigenvalue weighted by atomic mass is 32.2. The quantitative estimate of drug-likeness (QED) is 0.625. The van der Waals surface area contributed by atoms with Gasteiger partial charge in [-0.2, -0.15) is 0 Å². The van der Waals surface area contributed by atoms with Gasteiger partial charge < -0.3 is 10.1 Å². The average Bonchev–Trinajstić information content (AvgIpc) is 3.04. The molecule has 3 atom stereocenters. The number of aromatic nitrogens is 2. The van der Waals surface area contributed by atoms with Crippen LogP contribution in [0.1, 0.15) is 32.3 Å². The predicted octanol–water partition coefficient (Wildman–Crippen LogP) is 3.78. The van der Waals surface area contributed by atoms with Crippen LogP contribution in [0.25, 0.3) is 5.57 Å². The van der Waals surface area contributed by atoms with Gasteiger partial charge in [0.15, 0.2) is 15.7 Å². The number of carbonyl (C=O) groups is 1. The third kappa shape index (κ3) is 6.09. The van der Waals surface area contributed by atoms with Crippen LogP contribution in [0.5, 0.6) is 5.88 Å². The molecule has 1 heterocycles. The Labute approximate surface area is 185 Å². The second-order valence-corrected chi connectivity index (χ2v) is 10.0. The molecule has 1 aromatic carbocycles. The molecule has 1 aliphatic carbocycles. The van der Waals surface area contributed by atoms with Gasteiger partial charge in [-0.1, -0.05) is 18.2 Å². The van der Waals surface area contributed by atoms with Crippen molar-refractivity contribution >= 4 is 27.1 Å². The Kier molecular flexibility index (Phi) is 7.22. The number of hydrogen-bond donors (Lipinski definition) is 1. The van der Waals surface area contributed by atoms with Crippen LogP contribution in [0, 0.1) is 5.92 Å². The largest absolute Gasteiger partial charge is 0.474 e. The normalized spacial score (nSPS) is 21.6. The Hall–Kier alpha value is -2.88. The van der Waals surface area contributed by atoms with E-state index >= 15 is 0 Å². The summed E-state index contributed by atoms with van der Waals surface area (Å²) >= 11 is 0. The fraction of sp³-hybridized carbons (Fsp3) is 0.409. The standard InChI is InChI=1S/C22H25F2N3O4S/c1-13(2)31-21-12-25-20(11-26-21)27-22(28)17(8-14-9-18(23)19(24)10-14)15-4-6-16(7-5-15)32(3,29)30/h4-8,11-14,18-19H,9-10H2,1-3H3,(H,25,27,28)/b17-8+/t14?,18-,19+. The second kappa shape index (κ2) is 9.72. The molecule has 172 valence electrons. The number of nitrogens with zero attached hydrogens (tertiary/aromatic N) is 2. The number of carbonyl (C=O) groups excluding carboxylic acids is 1. The van der Waals surface area contributed by atoms with E-state index in [2.05, 4.69) is 15.3 Å². The summed E-state index contributed by atoms with van der Waals surface area (Å²) in [6.45, 7) is 3.69. The number of nitrogens with one attached hydrogen (secondary N) is 1. The van der Waals surface area contributed by atoms with E-state index in [1.54, 1.807) is 0 Å². The first-order valence-corrected chi connectivity index (χ1v) is 12.0. The first-order valence-electron chi connectivity index (χ1n) is 10.1. The summed E-state index contributed by atoms with van der Waals surface area (Å²) in [5.74, 6) is -0.549. The lowest BCUT2D eigenvalue weighted by molar-refractivity contribution is -0.111. The Morgan fingerprint density at radius 2 is 1.75 bits per heavy atom. The molecule has 1 fully saturated rings. The Morgan fingerprint density at radius 3 is 2.25 bits per heavy atom. The van der Waals surface area contributed by atoms with Crippen molar-refractivity contribution in [3.8, 4) is 5.88 Å². The lowest BCUT2D eigenvalue weighted by Crippen LogP contribution is -2.16. The maximum Gasteiger partial charge on any atom is 0.257 e. The summed E-state index contributed by atoms with van der Waals surface area (Å²) < 4.78 is 56.2. The smallest absolute Gasteiger partial charge is 0.257 e. The zero-order valence-electron chi connectivity index (χ0n) is 18.0. The molecule has 0 spiro atoms. The molecule has 2 aromatic rings. The maximum absolute atomic E-state index is 13.7. The van der Waals surface area contributed by atoms with E-state index in [9.17, 15) is 22.0 Å². The molecule has 7 nitrogen and oxygen atoms in total. The first kappa shape index (κ1) is 23.8. The van der Waals surface area contributed by atoms with Crippen LogP contribution in [-0.2, 0) is 14.6 Å². The summed E-state index contributed by atoms with van der Waals surface area (Å²) in [5, 5.41) is 2.62. The average molecular weight is 466 g/mol. The second-order valence-electron chi connectivity index (χ2n) is 8.00. The summed E-state index contributed by atoms with van der Waals surface area (Å²) in [6, 6.07) is 5.74. The van der Waals surface area contributed by atoms with Crippen molar-refractivity contribution in [2.75, 3.05) is 11.6 Å². The van der Waals surface area contributed by atoms with Gasteiger partial charge in [0.2, 0.25) is 5.88 Å². The molecule has 32 heavy (non-hydrogen) atoms. The fourth-order valence-electron chi connectivity index (χ4n) is 3.39. The van der Waals surface area contributed by atoms with Crippen LogP contribution in [0.4, 0.5) is 14.6 Å². The molecular weight excluding hydrogens is 440 g/mol. The molecule has 3 rings (SSSR count). The molecule has 1 aromatic heterocycles. The number of allylic oxidation sites excluding steroid dienone is 1. The highest BCUT2D eigenvalue weighted by Crippen LogP contribution is 2.34. The number of rotatable bonds is 7. The van der Waals surface area contributed by atoms with Gasteiger partial charge in [-0.3, -0.25) is 4.79 Å². The molecule has 1 saturated carbocycles. The number of sulfone groups is 1. The minimum atomic E-state index is -3.41. The molecule has 1 aliphatic rings. The van der Waals surface area contributed by atoms with Crippen LogP contribution in [0.15, 0.2) is 47.6 Å². The van der Waals surface area contributed by atoms with Crippen molar-refractivity contribution in [1.82, 2.24) is 9.97 Å². The van der Waals surface area contributed by atoms with Crippen molar-refractivity contribution in [3.63, 3.8) is 0 Å². The lowest BCUT2D eigenvalue weighted by atomic mass is 9.98. The molecule has 0 aliphatic heterocycles.